The molecule has 1 aliphatic heterocycles. The van der Waals surface area contributed by atoms with Crippen LogP contribution in [0.25, 0.3) is 0 Å². The maximum Gasteiger partial charge on any atom is 0.186 e. The van der Waals surface area contributed by atoms with E-state index >= 15 is 0 Å². The molecule has 0 bridgehead atoms. The monoisotopic (exact) mass is 266 g/mol. The van der Waals surface area contributed by atoms with Crippen LogP contribution in [0.2, 0.25) is 0 Å². The van der Waals surface area contributed by atoms with Crippen LogP contribution in [-0.2, 0) is 4.74 Å². The summed E-state index contributed by atoms with van der Waals surface area (Å²) in [4.78, 5) is 18.1. The molecule has 2 atom stereocenters. The van der Waals surface area contributed by atoms with E-state index in [0.717, 1.165) is 24.7 Å². The Balaban J connectivity index is 1.82. The molecular formula is C13H18N2O2S. The van der Waals surface area contributed by atoms with E-state index in [4.69, 9.17) is 4.74 Å². The number of thiazole rings is 1. The Hall–Kier alpha value is -0.940. The van der Waals surface area contributed by atoms with Crippen LogP contribution < -0.4 is 4.90 Å². The summed E-state index contributed by atoms with van der Waals surface area (Å²) in [6, 6.07) is 0.457. The number of nitrogens with zero attached hydrogens (tertiary/aromatic N) is 2. The normalized spacial score (nSPS) is 27.9. The molecule has 0 radical (unpaired) electrons. The highest BCUT2D eigenvalue weighted by molar-refractivity contribution is 7.13. The van der Waals surface area contributed by atoms with E-state index in [1.54, 1.807) is 18.3 Å². The van der Waals surface area contributed by atoms with Crippen molar-refractivity contribution in [2.45, 2.75) is 44.8 Å². The van der Waals surface area contributed by atoms with Crippen molar-refractivity contribution in [2.24, 2.45) is 0 Å². The Labute approximate surface area is 111 Å². The van der Waals surface area contributed by atoms with Gasteiger partial charge in [0.25, 0.3) is 0 Å². The first-order chi connectivity index (χ1) is 8.75. The third-order valence-corrected chi connectivity index (χ3v) is 4.71. The lowest BCUT2D eigenvalue weighted by Crippen LogP contribution is -2.52. The zero-order valence-electron chi connectivity index (χ0n) is 10.6. The summed E-state index contributed by atoms with van der Waals surface area (Å²) in [7, 11) is 0. The van der Waals surface area contributed by atoms with Gasteiger partial charge in [-0.2, -0.15) is 0 Å². The zero-order valence-corrected chi connectivity index (χ0v) is 11.4. The Bertz CT molecular complexity index is 444. The summed E-state index contributed by atoms with van der Waals surface area (Å²) in [5.41, 5.74) is 0.592. The molecule has 0 N–H and O–H groups in total. The molecule has 1 aliphatic carbocycles. The molecule has 2 unspecified atom stereocenters. The maximum atomic E-state index is 11.3. The van der Waals surface area contributed by atoms with Crippen molar-refractivity contribution in [2.75, 3.05) is 18.1 Å². The molecule has 3 rings (SSSR count). The van der Waals surface area contributed by atoms with E-state index in [-0.39, 0.29) is 5.78 Å². The van der Waals surface area contributed by atoms with Crippen LogP contribution in [-0.4, -0.2) is 36.1 Å². The second-order valence-electron chi connectivity index (χ2n) is 5.03. The number of fused-ring (bicyclic) bond motifs is 1. The number of ketones is 1. The third-order valence-electron chi connectivity index (χ3n) is 3.83. The molecule has 2 heterocycles. The van der Waals surface area contributed by atoms with Gasteiger partial charge < -0.3 is 9.64 Å². The highest BCUT2D eigenvalue weighted by atomic mass is 32.1. The zero-order chi connectivity index (χ0) is 12.5. The van der Waals surface area contributed by atoms with Crippen molar-refractivity contribution < 1.29 is 9.53 Å². The number of ether oxygens (including phenoxy) is 1. The predicted octanol–water partition coefficient (Wildman–Crippen LogP) is 2.49. The highest BCUT2D eigenvalue weighted by Gasteiger charge is 2.35. The molecular weight excluding hydrogens is 248 g/mol. The Kier molecular flexibility index (Phi) is 3.35. The van der Waals surface area contributed by atoms with E-state index in [1.165, 1.54) is 19.3 Å². The van der Waals surface area contributed by atoms with Crippen molar-refractivity contribution in [3.05, 3.63) is 11.1 Å². The van der Waals surface area contributed by atoms with Gasteiger partial charge in [0.15, 0.2) is 10.9 Å². The van der Waals surface area contributed by atoms with Crippen molar-refractivity contribution in [1.82, 2.24) is 4.98 Å². The van der Waals surface area contributed by atoms with E-state index in [9.17, 15) is 4.79 Å². The summed E-state index contributed by atoms with van der Waals surface area (Å²) < 4.78 is 5.86. The SMILES string of the molecule is CC(=O)c1csc(N2CCOC3CCCCC32)n1. The lowest BCUT2D eigenvalue weighted by molar-refractivity contribution is -0.00869. The number of Topliss-reactive ketones (excluding diaryl/α,β-unsaturated/α-hetero) is 1. The second kappa shape index (κ2) is 4.97. The van der Waals surface area contributed by atoms with E-state index in [1.807, 2.05) is 5.38 Å². The van der Waals surface area contributed by atoms with Crippen LogP contribution in [0, 0.1) is 0 Å². The number of hydrogen-bond acceptors (Lipinski definition) is 5. The van der Waals surface area contributed by atoms with Crippen LogP contribution in [0.3, 0.4) is 0 Å². The smallest absolute Gasteiger partial charge is 0.186 e. The van der Waals surface area contributed by atoms with Gasteiger partial charge in [-0.25, -0.2) is 4.98 Å². The fourth-order valence-corrected chi connectivity index (χ4v) is 3.84. The molecule has 2 fully saturated rings. The molecule has 1 saturated carbocycles. The number of aromatic nitrogens is 1. The minimum Gasteiger partial charge on any atom is -0.374 e. The Morgan fingerprint density at radius 3 is 3.11 bits per heavy atom. The van der Waals surface area contributed by atoms with Crippen molar-refractivity contribution in [3.8, 4) is 0 Å². The van der Waals surface area contributed by atoms with Crippen LogP contribution in [0.15, 0.2) is 5.38 Å². The molecule has 18 heavy (non-hydrogen) atoms. The third kappa shape index (κ3) is 2.17. The molecule has 98 valence electrons. The summed E-state index contributed by atoms with van der Waals surface area (Å²) >= 11 is 1.58. The van der Waals surface area contributed by atoms with Gasteiger partial charge in [0.05, 0.1) is 18.8 Å². The summed E-state index contributed by atoms with van der Waals surface area (Å²) in [5, 5.41) is 2.85. The molecule has 1 saturated heterocycles. The fraction of sp³-hybridized carbons (Fsp3) is 0.692. The van der Waals surface area contributed by atoms with E-state index in [0.29, 0.717) is 17.8 Å². The summed E-state index contributed by atoms with van der Waals surface area (Å²) in [6.07, 6.45) is 5.24. The largest absolute Gasteiger partial charge is 0.374 e. The molecule has 4 nitrogen and oxygen atoms in total. The van der Waals surface area contributed by atoms with Crippen LogP contribution >= 0.6 is 11.3 Å². The molecule has 1 aromatic heterocycles. The summed E-state index contributed by atoms with van der Waals surface area (Å²) in [6.45, 7) is 3.24. The van der Waals surface area contributed by atoms with Gasteiger partial charge in [0.2, 0.25) is 0 Å². The van der Waals surface area contributed by atoms with Crippen molar-refractivity contribution in [1.29, 1.82) is 0 Å². The van der Waals surface area contributed by atoms with E-state index < -0.39 is 0 Å². The van der Waals surface area contributed by atoms with Gasteiger partial charge >= 0.3 is 0 Å². The predicted molar refractivity (Wildman–Crippen MR) is 71.5 cm³/mol. The standard InChI is InChI=1S/C13H18N2O2S/c1-9(16)10-8-18-13(14-10)15-6-7-17-12-5-3-2-4-11(12)15/h8,11-12H,2-7H2,1H3. The first-order valence-electron chi connectivity index (χ1n) is 6.60. The number of rotatable bonds is 2. The van der Waals surface area contributed by atoms with E-state index in [2.05, 4.69) is 9.88 Å². The van der Waals surface area contributed by atoms with Gasteiger partial charge in [-0.05, 0) is 12.8 Å². The van der Waals surface area contributed by atoms with Gasteiger partial charge in [0.1, 0.15) is 5.69 Å². The molecule has 0 aromatic carbocycles. The van der Waals surface area contributed by atoms with Crippen LogP contribution in [0.1, 0.15) is 43.1 Å². The number of carbonyl (C=O) groups is 1. The van der Waals surface area contributed by atoms with Crippen molar-refractivity contribution in [3.63, 3.8) is 0 Å². The quantitative estimate of drug-likeness (QED) is 0.771. The Morgan fingerprint density at radius 1 is 1.50 bits per heavy atom. The average molecular weight is 266 g/mol. The van der Waals surface area contributed by atoms with Gasteiger partial charge in [0, 0.05) is 18.8 Å². The summed E-state index contributed by atoms with van der Waals surface area (Å²) in [5.74, 6) is 0.0472. The number of hydrogen-bond donors (Lipinski definition) is 0. The topological polar surface area (TPSA) is 42.4 Å². The van der Waals surface area contributed by atoms with Gasteiger partial charge in [-0.1, -0.05) is 12.8 Å². The minimum atomic E-state index is 0.0472. The number of morpholine rings is 1. The maximum absolute atomic E-state index is 11.3. The van der Waals surface area contributed by atoms with Crippen LogP contribution in [0.5, 0.6) is 0 Å². The van der Waals surface area contributed by atoms with Gasteiger partial charge in [-0.15, -0.1) is 11.3 Å². The number of carbonyl (C=O) groups excluding carboxylic acids is 1. The molecule has 0 amide bonds. The minimum absolute atomic E-state index is 0.0472. The first kappa shape index (κ1) is 12.1. The second-order valence-corrected chi connectivity index (χ2v) is 5.86. The Morgan fingerprint density at radius 2 is 2.33 bits per heavy atom. The number of anilines is 1. The van der Waals surface area contributed by atoms with Crippen molar-refractivity contribution >= 4 is 22.3 Å². The lowest BCUT2D eigenvalue weighted by Gasteiger charge is -2.43. The fourth-order valence-electron chi connectivity index (χ4n) is 2.89. The van der Waals surface area contributed by atoms with Gasteiger partial charge in [-0.3, -0.25) is 4.79 Å². The molecule has 2 aliphatic rings. The first-order valence-corrected chi connectivity index (χ1v) is 7.48. The molecule has 0 spiro atoms. The average Bonchev–Trinajstić information content (AvgIpc) is 2.87. The lowest BCUT2D eigenvalue weighted by atomic mass is 9.90. The van der Waals surface area contributed by atoms with Crippen LogP contribution in [0.4, 0.5) is 5.13 Å². The molecule has 1 aromatic rings. The molecule has 5 heteroatoms. The highest BCUT2D eigenvalue weighted by Crippen LogP contribution is 2.33.